The van der Waals surface area contributed by atoms with Crippen LogP contribution in [0.3, 0.4) is 0 Å². The van der Waals surface area contributed by atoms with E-state index in [1.807, 2.05) is 0 Å². The highest BCUT2D eigenvalue weighted by atomic mass is 16.6. The normalized spacial score (nSPS) is 12.5. The van der Waals surface area contributed by atoms with Crippen molar-refractivity contribution in [3.05, 3.63) is 72.9 Å². The second-order valence-electron chi connectivity index (χ2n) is 20.2. The van der Waals surface area contributed by atoms with Crippen LogP contribution in [-0.4, -0.2) is 37.2 Å². The zero-order valence-electron chi connectivity index (χ0n) is 47.0. The molecule has 1 atom stereocenters. The number of ether oxygens (including phenoxy) is 3. The van der Waals surface area contributed by atoms with Crippen LogP contribution in [0.4, 0.5) is 0 Å². The molecular formula is C65H114O6. The molecule has 0 aromatic carbocycles. The maximum atomic E-state index is 12.9. The molecule has 0 rings (SSSR count). The lowest BCUT2D eigenvalue weighted by molar-refractivity contribution is -0.167. The molecule has 0 aliphatic heterocycles. The van der Waals surface area contributed by atoms with Crippen molar-refractivity contribution in [1.82, 2.24) is 0 Å². The van der Waals surface area contributed by atoms with Crippen LogP contribution in [0.25, 0.3) is 0 Å². The number of carbonyl (C=O) groups excluding carboxylic acids is 3. The van der Waals surface area contributed by atoms with E-state index < -0.39 is 6.10 Å². The SMILES string of the molecule is CCCCC/C=C/C/C=C/CCCCCCCCCCCC(=O)OC[C@@H](COC(=O)CCCCCCC/C=C/C/C=C/CCCCC)OC(=O)CCCCCCCCCCC/C=C/C/C=C/CCCCC. The van der Waals surface area contributed by atoms with E-state index in [-0.39, 0.29) is 31.1 Å². The number of rotatable bonds is 55. The Morgan fingerprint density at radius 2 is 0.507 bits per heavy atom. The summed E-state index contributed by atoms with van der Waals surface area (Å²) in [4.78, 5) is 38.3. The summed E-state index contributed by atoms with van der Waals surface area (Å²) in [6.45, 7) is 6.57. The van der Waals surface area contributed by atoms with Gasteiger partial charge in [-0.05, 0) is 116 Å². The van der Waals surface area contributed by atoms with Gasteiger partial charge in [0, 0.05) is 19.3 Å². The van der Waals surface area contributed by atoms with E-state index >= 15 is 0 Å². The molecule has 0 unspecified atom stereocenters. The molecule has 0 radical (unpaired) electrons. The molecule has 410 valence electrons. The van der Waals surface area contributed by atoms with Crippen molar-refractivity contribution in [2.75, 3.05) is 13.2 Å². The van der Waals surface area contributed by atoms with Gasteiger partial charge in [-0.1, -0.05) is 241 Å². The molecule has 0 aromatic heterocycles. The van der Waals surface area contributed by atoms with E-state index in [0.29, 0.717) is 19.3 Å². The van der Waals surface area contributed by atoms with Crippen LogP contribution in [0.1, 0.15) is 303 Å². The Hall–Kier alpha value is -3.15. The Balaban J connectivity index is 4.39. The highest BCUT2D eigenvalue weighted by molar-refractivity contribution is 5.71. The van der Waals surface area contributed by atoms with Crippen molar-refractivity contribution in [2.45, 2.75) is 309 Å². The zero-order valence-corrected chi connectivity index (χ0v) is 47.0. The molecule has 6 nitrogen and oxygen atoms in total. The average Bonchev–Trinajstić information content (AvgIpc) is 3.37. The fraction of sp³-hybridized carbons (Fsp3) is 0.769. The van der Waals surface area contributed by atoms with E-state index in [1.54, 1.807) is 0 Å². The minimum Gasteiger partial charge on any atom is -0.462 e. The first-order valence-corrected chi connectivity index (χ1v) is 30.4. The minimum atomic E-state index is -0.786. The summed E-state index contributed by atoms with van der Waals surface area (Å²) in [6, 6.07) is 0. The summed E-state index contributed by atoms with van der Waals surface area (Å²) in [5.74, 6) is -0.894. The van der Waals surface area contributed by atoms with Crippen molar-refractivity contribution in [2.24, 2.45) is 0 Å². The molecule has 0 aliphatic carbocycles. The second-order valence-corrected chi connectivity index (χ2v) is 20.2. The fourth-order valence-corrected chi connectivity index (χ4v) is 8.53. The Labute approximate surface area is 440 Å². The first kappa shape index (κ1) is 67.8. The monoisotopic (exact) mass is 991 g/mol. The largest absolute Gasteiger partial charge is 0.462 e. The number of esters is 3. The number of hydrogen-bond donors (Lipinski definition) is 0. The van der Waals surface area contributed by atoms with Crippen LogP contribution < -0.4 is 0 Å². The maximum absolute atomic E-state index is 12.9. The smallest absolute Gasteiger partial charge is 0.306 e. The first-order valence-electron chi connectivity index (χ1n) is 30.4. The van der Waals surface area contributed by atoms with Crippen molar-refractivity contribution in [3.8, 4) is 0 Å². The molecule has 71 heavy (non-hydrogen) atoms. The lowest BCUT2D eigenvalue weighted by Gasteiger charge is -2.18. The Morgan fingerprint density at radius 1 is 0.282 bits per heavy atom. The molecule has 0 fully saturated rings. The topological polar surface area (TPSA) is 78.9 Å². The van der Waals surface area contributed by atoms with Gasteiger partial charge < -0.3 is 14.2 Å². The van der Waals surface area contributed by atoms with Gasteiger partial charge in [0.15, 0.2) is 6.10 Å². The number of allylic oxidation sites excluding steroid dienone is 12. The van der Waals surface area contributed by atoms with Gasteiger partial charge in [-0.25, -0.2) is 0 Å². The lowest BCUT2D eigenvalue weighted by Crippen LogP contribution is -2.30. The van der Waals surface area contributed by atoms with E-state index in [0.717, 1.165) is 89.9 Å². The van der Waals surface area contributed by atoms with E-state index in [2.05, 4.69) is 93.7 Å². The van der Waals surface area contributed by atoms with Crippen molar-refractivity contribution in [1.29, 1.82) is 0 Å². The van der Waals surface area contributed by atoms with Gasteiger partial charge >= 0.3 is 17.9 Å². The molecule has 0 aliphatic rings. The van der Waals surface area contributed by atoms with Gasteiger partial charge in [0.25, 0.3) is 0 Å². The molecule has 0 saturated heterocycles. The maximum Gasteiger partial charge on any atom is 0.306 e. The van der Waals surface area contributed by atoms with Gasteiger partial charge in [0.05, 0.1) is 0 Å². The second kappa shape index (κ2) is 59.4. The number of hydrogen-bond acceptors (Lipinski definition) is 6. The molecule has 0 aromatic rings. The molecule has 0 heterocycles. The lowest BCUT2D eigenvalue weighted by atomic mass is 10.1. The predicted molar refractivity (Wildman–Crippen MR) is 307 cm³/mol. The van der Waals surface area contributed by atoms with Gasteiger partial charge in [-0.3, -0.25) is 14.4 Å². The van der Waals surface area contributed by atoms with E-state index in [9.17, 15) is 14.4 Å². The summed E-state index contributed by atoms with van der Waals surface area (Å²) in [5, 5.41) is 0. The van der Waals surface area contributed by atoms with Crippen LogP contribution in [0, 0.1) is 0 Å². The molecule has 0 N–H and O–H groups in total. The Bertz CT molecular complexity index is 1320. The van der Waals surface area contributed by atoms with Crippen molar-refractivity contribution in [3.63, 3.8) is 0 Å². The Morgan fingerprint density at radius 3 is 0.775 bits per heavy atom. The summed E-state index contributed by atoms with van der Waals surface area (Å²) < 4.78 is 16.9. The highest BCUT2D eigenvalue weighted by Gasteiger charge is 2.19. The summed E-state index contributed by atoms with van der Waals surface area (Å²) in [5.41, 5.74) is 0. The van der Waals surface area contributed by atoms with E-state index in [4.69, 9.17) is 14.2 Å². The van der Waals surface area contributed by atoms with Gasteiger partial charge in [0.2, 0.25) is 0 Å². The summed E-state index contributed by atoms with van der Waals surface area (Å²) in [6.07, 6.45) is 76.0. The van der Waals surface area contributed by atoms with Gasteiger partial charge in [-0.2, -0.15) is 0 Å². The third-order valence-corrected chi connectivity index (χ3v) is 13.2. The van der Waals surface area contributed by atoms with Crippen LogP contribution in [0.15, 0.2) is 72.9 Å². The predicted octanol–water partition coefficient (Wildman–Crippen LogP) is 20.5. The molecular weight excluding hydrogens is 877 g/mol. The minimum absolute atomic E-state index is 0.0830. The third kappa shape index (κ3) is 57.6. The van der Waals surface area contributed by atoms with Gasteiger partial charge in [-0.15, -0.1) is 0 Å². The molecule has 0 bridgehead atoms. The number of carbonyl (C=O) groups is 3. The third-order valence-electron chi connectivity index (χ3n) is 13.2. The van der Waals surface area contributed by atoms with Crippen LogP contribution in [0.2, 0.25) is 0 Å². The number of unbranched alkanes of at least 4 members (excludes halogenated alkanes) is 32. The van der Waals surface area contributed by atoms with Crippen molar-refractivity contribution < 1.29 is 28.6 Å². The Kier molecular flexibility index (Phi) is 56.8. The van der Waals surface area contributed by atoms with E-state index in [1.165, 1.54) is 173 Å². The van der Waals surface area contributed by atoms with Crippen LogP contribution in [-0.2, 0) is 28.6 Å². The van der Waals surface area contributed by atoms with Crippen LogP contribution in [0.5, 0.6) is 0 Å². The standard InChI is InChI=1S/C65H114O6/c1-4-7-10-13-16-19-22-25-28-30-32-34-37-40-43-46-49-52-55-58-64(67)70-61-62(60-69-63(66)57-54-51-48-45-42-39-36-27-24-21-18-15-12-9-6-3)71-65(68)59-56-53-50-47-44-41-38-35-33-31-29-26-23-20-17-14-11-8-5-2/h16-21,25-29,36,62H,4-15,22-24,30-35,37-61H2,1-3H3/b19-16+,20-17+,21-18+,28-25+,29-26+,36-27+/t62-/m1/s1. The van der Waals surface area contributed by atoms with Gasteiger partial charge in [0.1, 0.15) is 13.2 Å². The quantitative estimate of drug-likeness (QED) is 0.0261. The molecule has 0 saturated carbocycles. The van der Waals surface area contributed by atoms with Crippen LogP contribution >= 0.6 is 0 Å². The summed E-state index contributed by atoms with van der Waals surface area (Å²) >= 11 is 0. The van der Waals surface area contributed by atoms with Crippen molar-refractivity contribution >= 4 is 17.9 Å². The zero-order chi connectivity index (χ0) is 51.4. The molecule has 0 spiro atoms. The first-order chi connectivity index (χ1) is 35.0. The molecule has 6 heteroatoms. The fourth-order valence-electron chi connectivity index (χ4n) is 8.53. The molecule has 0 amide bonds. The highest BCUT2D eigenvalue weighted by Crippen LogP contribution is 2.16. The average molecular weight is 992 g/mol. The summed E-state index contributed by atoms with van der Waals surface area (Å²) in [7, 11) is 0.